The second-order valence-electron chi connectivity index (χ2n) is 3.48. The fourth-order valence-corrected chi connectivity index (χ4v) is 1.99. The summed E-state index contributed by atoms with van der Waals surface area (Å²) < 4.78 is 0. The first-order chi connectivity index (χ1) is 4.81. The van der Waals surface area contributed by atoms with E-state index in [4.69, 9.17) is 4.84 Å². The van der Waals surface area contributed by atoms with Gasteiger partial charge in [0.1, 0.15) is 5.60 Å². The van der Waals surface area contributed by atoms with Crippen molar-refractivity contribution < 1.29 is 4.84 Å². The quantitative estimate of drug-likeness (QED) is 0.503. The highest BCUT2D eigenvalue weighted by Gasteiger charge is 2.40. The summed E-state index contributed by atoms with van der Waals surface area (Å²) in [5, 5.41) is 3.99. The van der Waals surface area contributed by atoms with Gasteiger partial charge in [0.15, 0.2) is 0 Å². The Bertz CT molecular complexity index is 168. The molecular weight excluding hydrogens is 126 g/mol. The van der Waals surface area contributed by atoms with E-state index in [1.807, 2.05) is 6.92 Å². The van der Waals surface area contributed by atoms with Gasteiger partial charge in [0, 0.05) is 6.42 Å². The van der Waals surface area contributed by atoms with Gasteiger partial charge in [-0.3, -0.25) is 0 Å². The first-order valence-electron chi connectivity index (χ1n) is 4.02. The van der Waals surface area contributed by atoms with Crippen molar-refractivity contribution in [2.75, 3.05) is 0 Å². The minimum absolute atomic E-state index is 0.157. The second-order valence-corrected chi connectivity index (χ2v) is 3.48. The van der Waals surface area contributed by atoms with Crippen LogP contribution >= 0.6 is 0 Å². The van der Waals surface area contributed by atoms with E-state index < -0.39 is 0 Å². The summed E-state index contributed by atoms with van der Waals surface area (Å²) >= 11 is 0. The molecule has 0 saturated heterocycles. The van der Waals surface area contributed by atoms with E-state index in [2.05, 4.69) is 5.16 Å². The Hall–Kier alpha value is -0.530. The Morgan fingerprint density at radius 1 is 1.40 bits per heavy atom. The normalized spacial score (nSPS) is 28.7. The van der Waals surface area contributed by atoms with Crippen LogP contribution in [0.25, 0.3) is 0 Å². The van der Waals surface area contributed by atoms with Crippen LogP contribution in [0.2, 0.25) is 0 Å². The third-order valence-corrected chi connectivity index (χ3v) is 2.49. The Morgan fingerprint density at radius 2 is 2.10 bits per heavy atom. The fraction of sp³-hybridized carbons (Fsp3) is 0.875. The van der Waals surface area contributed by atoms with Gasteiger partial charge in [-0.1, -0.05) is 5.16 Å². The summed E-state index contributed by atoms with van der Waals surface area (Å²) in [5.74, 6) is 0. The van der Waals surface area contributed by atoms with Crippen molar-refractivity contribution in [3.8, 4) is 0 Å². The van der Waals surface area contributed by atoms with E-state index in [1.165, 1.54) is 31.4 Å². The molecule has 2 rings (SSSR count). The van der Waals surface area contributed by atoms with E-state index in [9.17, 15) is 0 Å². The smallest absolute Gasteiger partial charge is 0.143 e. The average Bonchev–Trinajstić information content (AvgIpc) is 2.46. The molecule has 1 fully saturated rings. The molecule has 1 spiro atoms. The predicted octanol–water partition coefficient (Wildman–Crippen LogP) is 2.10. The van der Waals surface area contributed by atoms with Crippen LogP contribution in [0.3, 0.4) is 0 Å². The zero-order valence-corrected chi connectivity index (χ0v) is 6.39. The van der Waals surface area contributed by atoms with Crippen molar-refractivity contribution in [3.05, 3.63) is 0 Å². The van der Waals surface area contributed by atoms with Crippen molar-refractivity contribution in [2.45, 2.75) is 44.6 Å². The van der Waals surface area contributed by atoms with Crippen molar-refractivity contribution in [1.29, 1.82) is 0 Å². The zero-order valence-electron chi connectivity index (χ0n) is 6.39. The molecule has 0 atom stereocenters. The van der Waals surface area contributed by atoms with E-state index in [1.54, 1.807) is 0 Å². The minimum atomic E-state index is 0.157. The lowest BCUT2D eigenvalue weighted by Crippen LogP contribution is -2.23. The van der Waals surface area contributed by atoms with Crippen LogP contribution in [-0.2, 0) is 4.84 Å². The summed E-state index contributed by atoms with van der Waals surface area (Å²) in [4.78, 5) is 5.40. The molecule has 1 aliphatic carbocycles. The van der Waals surface area contributed by atoms with Gasteiger partial charge in [0.2, 0.25) is 0 Å². The average molecular weight is 139 g/mol. The molecule has 0 bridgehead atoms. The molecule has 0 aromatic heterocycles. The number of hydrogen-bond donors (Lipinski definition) is 0. The first-order valence-corrected chi connectivity index (χ1v) is 4.02. The molecule has 0 N–H and O–H groups in total. The van der Waals surface area contributed by atoms with E-state index >= 15 is 0 Å². The first kappa shape index (κ1) is 6.20. The van der Waals surface area contributed by atoms with Gasteiger partial charge in [-0.15, -0.1) is 0 Å². The lowest BCUT2D eigenvalue weighted by atomic mass is 9.96. The van der Waals surface area contributed by atoms with Gasteiger partial charge in [-0.2, -0.15) is 0 Å². The predicted molar refractivity (Wildman–Crippen MR) is 40.0 cm³/mol. The molecule has 1 aliphatic heterocycles. The molecule has 2 nitrogen and oxygen atoms in total. The molecule has 0 unspecified atom stereocenters. The van der Waals surface area contributed by atoms with Crippen LogP contribution in [0.1, 0.15) is 39.0 Å². The lowest BCUT2D eigenvalue weighted by Gasteiger charge is -2.18. The summed E-state index contributed by atoms with van der Waals surface area (Å²) in [7, 11) is 0. The zero-order chi connectivity index (χ0) is 7.03. The van der Waals surface area contributed by atoms with Gasteiger partial charge in [-0.05, 0) is 32.6 Å². The van der Waals surface area contributed by atoms with Crippen molar-refractivity contribution >= 4 is 5.71 Å². The molecule has 0 aromatic rings. The fourth-order valence-electron chi connectivity index (χ4n) is 1.99. The number of oxime groups is 1. The van der Waals surface area contributed by atoms with Crippen molar-refractivity contribution in [1.82, 2.24) is 0 Å². The Labute approximate surface area is 61.2 Å². The van der Waals surface area contributed by atoms with Gasteiger partial charge in [-0.25, -0.2) is 0 Å². The van der Waals surface area contributed by atoms with Crippen LogP contribution in [-0.4, -0.2) is 11.3 Å². The van der Waals surface area contributed by atoms with Gasteiger partial charge in [0.25, 0.3) is 0 Å². The Kier molecular flexibility index (Phi) is 1.22. The van der Waals surface area contributed by atoms with E-state index in [0.29, 0.717) is 0 Å². The molecule has 2 aliphatic rings. The standard InChI is InChI=1S/C8H13NO/c1-7-6-8(10-9-7)4-2-3-5-8/h2-6H2,1H3. The van der Waals surface area contributed by atoms with Gasteiger partial charge in [0.05, 0.1) is 5.71 Å². The molecule has 1 saturated carbocycles. The highest BCUT2D eigenvalue weighted by molar-refractivity contribution is 5.83. The molecule has 10 heavy (non-hydrogen) atoms. The third kappa shape index (κ3) is 0.825. The molecular formula is C8H13NO. The molecule has 0 amide bonds. The maximum Gasteiger partial charge on any atom is 0.143 e. The van der Waals surface area contributed by atoms with Crippen LogP contribution < -0.4 is 0 Å². The Morgan fingerprint density at radius 3 is 2.60 bits per heavy atom. The Balaban J connectivity index is 2.07. The van der Waals surface area contributed by atoms with Gasteiger partial charge >= 0.3 is 0 Å². The molecule has 0 aromatic carbocycles. The van der Waals surface area contributed by atoms with Crippen molar-refractivity contribution in [3.63, 3.8) is 0 Å². The SMILES string of the molecule is CC1=NOC2(CCCC2)C1. The number of nitrogens with zero attached hydrogens (tertiary/aromatic N) is 1. The molecule has 1 heterocycles. The van der Waals surface area contributed by atoms with E-state index in [-0.39, 0.29) is 5.60 Å². The minimum Gasteiger partial charge on any atom is -0.389 e. The van der Waals surface area contributed by atoms with Crippen molar-refractivity contribution in [2.24, 2.45) is 5.16 Å². The van der Waals surface area contributed by atoms with E-state index in [0.717, 1.165) is 6.42 Å². The molecule has 2 heteroatoms. The monoisotopic (exact) mass is 139 g/mol. The van der Waals surface area contributed by atoms with Crippen LogP contribution in [0.15, 0.2) is 5.16 Å². The number of rotatable bonds is 0. The topological polar surface area (TPSA) is 21.6 Å². The lowest BCUT2D eigenvalue weighted by molar-refractivity contribution is -0.0126. The largest absolute Gasteiger partial charge is 0.389 e. The van der Waals surface area contributed by atoms with Gasteiger partial charge < -0.3 is 4.84 Å². The van der Waals surface area contributed by atoms with Crippen LogP contribution in [0.4, 0.5) is 0 Å². The second kappa shape index (κ2) is 1.97. The summed E-state index contributed by atoms with van der Waals surface area (Å²) in [6.07, 6.45) is 6.15. The van der Waals surface area contributed by atoms with Crippen LogP contribution in [0, 0.1) is 0 Å². The summed E-state index contributed by atoms with van der Waals surface area (Å²) in [6.45, 7) is 2.05. The maximum absolute atomic E-state index is 5.40. The maximum atomic E-state index is 5.40. The highest BCUT2D eigenvalue weighted by Crippen LogP contribution is 2.39. The molecule has 56 valence electrons. The van der Waals surface area contributed by atoms with Crippen LogP contribution in [0.5, 0.6) is 0 Å². The summed E-state index contributed by atoms with van der Waals surface area (Å²) in [5.41, 5.74) is 1.33. The highest BCUT2D eigenvalue weighted by atomic mass is 16.7. The summed E-state index contributed by atoms with van der Waals surface area (Å²) in [6, 6.07) is 0. The molecule has 0 radical (unpaired) electrons. The number of hydrogen-bond acceptors (Lipinski definition) is 2. The third-order valence-electron chi connectivity index (χ3n) is 2.49.